The van der Waals surface area contributed by atoms with E-state index in [-0.39, 0.29) is 18.1 Å². The molecular weight excluding hydrogens is 240 g/mol. The zero-order chi connectivity index (χ0) is 11.4. The molecule has 2 aromatic heterocycles. The summed E-state index contributed by atoms with van der Waals surface area (Å²) in [4.78, 5) is 24.5. The maximum absolute atomic E-state index is 12.2. The second kappa shape index (κ2) is 5.18. The van der Waals surface area contributed by atoms with Gasteiger partial charge >= 0.3 is 0 Å². The molecule has 0 saturated carbocycles. The van der Waals surface area contributed by atoms with E-state index in [1.54, 1.807) is 6.07 Å². The molecule has 0 bridgehead atoms. The van der Waals surface area contributed by atoms with Gasteiger partial charge in [0.1, 0.15) is 6.29 Å². The molecule has 4 heteroatoms. The van der Waals surface area contributed by atoms with Crippen molar-refractivity contribution in [2.24, 2.45) is 0 Å². The first-order chi connectivity index (χ1) is 7.83. The summed E-state index contributed by atoms with van der Waals surface area (Å²) in [6, 6.07) is 7.46. The van der Waals surface area contributed by atoms with Crippen LogP contribution in [0, 0.1) is 0 Å². The Kier molecular flexibility index (Phi) is 3.64. The second-order valence-corrected chi connectivity index (χ2v) is 5.24. The monoisotopic (exact) mass is 250 g/mol. The third kappa shape index (κ3) is 2.28. The summed E-state index contributed by atoms with van der Waals surface area (Å²) in [7, 11) is 0. The molecule has 2 aromatic rings. The number of carbonyl (C=O) groups is 2. The predicted octanol–water partition coefficient (Wildman–Crippen LogP) is 3.37. The van der Waals surface area contributed by atoms with E-state index in [0.29, 0.717) is 0 Å². The van der Waals surface area contributed by atoms with Gasteiger partial charge in [-0.3, -0.25) is 4.79 Å². The summed E-state index contributed by atoms with van der Waals surface area (Å²) in [5, 5.41) is 3.80. The van der Waals surface area contributed by atoms with Gasteiger partial charge in [-0.25, -0.2) is 0 Å². The summed E-state index contributed by atoms with van der Waals surface area (Å²) in [5.74, 6) is -0.263. The van der Waals surface area contributed by atoms with Gasteiger partial charge in [-0.05, 0) is 22.9 Å². The van der Waals surface area contributed by atoms with Crippen LogP contribution in [0.1, 0.15) is 26.9 Å². The number of hydrogen-bond donors (Lipinski definition) is 0. The lowest BCUT2D eigenvalue weighted by Gasteiger charge is -2.09. The molecule has 0 aromatic carbocycles. The van der Waals surface area contributed by atoms with Gasteiger partial charge < -0.3 is 4.79 Å². The van der Waals surface area contributed by atoms with Crippen LogP contribution in [0.4, 0.5) is 0 Å². The van der Waals surface area contributed by atoms with Crippen LogP contribution < -0.4 is 0 Å². The van der Waals surface area contributed by atoms with Gasteiger partial charge in [-0.2, -0.15) is 0 Å². The lowest BCUT2D eigenvalue weighted by Crippen LogP contribution is -2.11. The third-order valence-electron chi connectivity index (χ3n) is 2.30. The van der Waals surface area contributed by atoms with Crippen molar-refractivity contribution in [1.82, 2.24) is 0 Å². The van der Waals surface area contributed by atoms with Gasteiger partial charge in [0, 0.05) is 11.3 Å². The van der Waals surface area contributed by atoms with E-state index in [1.165, 1.54) is 22.7 Å². The fourth-order valence-corrected chi connectivity index (χ4v) is 3.09. The highest BCUT2D eigenvalue weighted by molar-refractivity contribution is 7.12. The molecule has 0 spiro atoms. The first kappa shape index (κ1) is 11.2. The van der Waals surface area contributed by atoms with Crippen LogP contribution >= 0.6 is 22.7 Å². The molecule has 0 amide bonds. The first-order valence-electron chi connectivity index (χ1n) is 4.87. The Labute approximate surface area is 102 Å². The number of Topliss-reactive ketones (excluding diaryl/α,β-unsaturated/α-hetero) is 1. The fourth-order valence-electron chi connectivity index (χ4n) is 1.53. The van der Waals surface area contributed by atoms with E-state index < -0.39 is 0 Å². The molecule has 16 heavy (non-hydrogen) atoms. The van der Waals surface area contributed by atoms with Crippen molar-refractivity contribution in [2.75, 3.05) is 0 Å². The fraction of sp³-hybridized carbons (Fsp3) is 0.167. The molecule has 82 valence electrons. The van der Waals surface area contributed by atoms with Crippen LogP contribution in [0.15, 0.2) is 35.0 Å². The molecule has 0 radical (unpaired) electrons. The van der Waals surface area contributed by atoms with Crippen molar-refractivity contribution in [3.05, 3.63) is 44.8 Å². The summed E-state index contributed by atoms with van der Waals surface area (Å²) in [5.41, 5.74) is 0. The van der Waals surface area contributed by atoms with Crippen molar-refractivity contribution >= 4 is 34.7 Å². The Morgan fingerprint density at radius 1 is 1.25 bits per heavy atom. The third-order valence-corrected chi connectivity index (χ3v) is 4.17. The highest BCUT2D eigenvalue weighted by Gasteiger charge is 2.23. The lowest BCUT2D eigenvalue weighted by molar-refractivity contribution is -0.108. The number of rotatable bonds is 5. The minimum Gasteiger partial charge on any atom is -0.303 e. The lowest BCUT2D eigenvalue weighted by atomic mass is 9.98. The SMILES string of the molecule is O=CCC(C(=O)c1cccs1)c1cccs1. The summed E-state index contributed by atoms with van der Waals surface area (Å²) >= 11 is 2.94. The smallest absolute Gasteiger partial charge is 0.181 e. The zero-order valence-corrected chi connectivity index (χ0v) is 10.1. The van der Waals surface area contributed by atoms with Gasteiger partial charge in [0.25, 0.3) is 0 Å². The van der Waals surface area contributed by atoms with E-state index >= 15 is 0 Å². The first-order valence-corrected chi connectivity index (χ1v) is 6.63. The number of thiophene rings is 2. The van der Waals surface area contributed by atoms with Gasteiger partial charge in [0.2, 0.25) is 0 Å². The summed E-state index contributed by atoms with van der Waals surface area (Å²) < 4.78 is 0. The van der Waals surface area contributed by atoms with Crippen LogP contribution in [-0.2, 0) is 4.79 Å². The molecule has 0 aliphatic carbocycles. The summed E-state index contributed by atoms with van der Waals surface area (Å²) in [6.45, 7) is 0. The Morgan fingerprint density at radius 3 is 2.56 bits per heavy atom. The van der Waals surface area contributed by atoms with Crippen LogP contribution in [-0.4, -0.2) is 12.1 Å². The van der Waals surface area contributed by atoms with Crippen LogP contribution in [0.5, 0.6) is 0 Å². The molecule has 0 N–H and O–H groups in total. The Bertz CT molecular complexity index is 457. The Hall–Kier alpha value is -1.26. The number of aldehydes is 1. The van der Waals surface area contributed by atoms with Crippen molar-refractivity contribution in [1.29, 1.82) is 0 Å². The molecule has 2 rings (SSSR count). The maximum atomic E-state index is 12.2. The molecule has 0 aliphatic heterocycles. The van der Waals surface area contributed by atoms with Gasteiger partial charge in [-0.1, -0.05) is 12.1 Å². The van der Waals surface area contributed by atoms with E-state index in [2.05, 4.69) is 0 Å². The van der Waals surface area contributed by atoms with Crippen molar-refractivity contribution in [2.45, 2.75) is 12.3 Å². The molecule has 2 nitrogen and oxygen atoms in total. The van der Waals surface area contributed by atoms with Crippen LogP contribution in [0.25, 0.3) is 0 Å². The molecule has 1 atom stereocenters. The maximum Gasteiger partial charge on any atom is 0.181 e. The van der Waals surface area contributed by atoms with E-state index in [4.69, 9.17) is 0 Å². The highest BCUT2D eigenvalue weighted by Crippen LogP contribution is 2.28. The molecule has 2 heterocycles. The van der Waals surface area contributed by atoms with Gasteiger partial charge in [0.15, 0.2) is 5.78 Å². The average molecular weight is 250 g/mol. The minimum atomic E-state index is -0.309. The topological polar surface area (TPSA) is 34.1 Å². The number of carbonyl (C=O) groups excluding carboxylic acids is 2. The average Bonchev–Trinajstić information content (AvgIpc) is 2.96. The van der Waals surface area contributed by atoms with Crippen molar-refractivity contribution in [3.8, 4) is 0 Å². The van der Waals surface area contributed by atoms with Crippen LogP contribution in [0.2, 0.25) is 0 Å². The minimum absolute atomic E-state index is 0.0459. The number of hydrogen-bond acceptors (Lipinski definition) is 4. The van der Waals surface area contributed by atoms with Crippen LogP contribution in [0.3, 0.4) is 0 Å². The normalized spacial score (nSPS) is 12.2. The predicted molar refractivity (Wildman–Crippen MR) is 66.4 cm³/mol. The Balaban J connectivity index is 2.27. The van der Waals surface area contributed by atoms with E-state index in [0.717, 1.165) is 16.0 Å². The second-order valence-electron chi connectivity index (χ2n) is 3.31. The molecule has 1 unspecified atom stereocenters. The highest BCUT2D eigenvalue weighted by atomic mass is 32.1. The Morgan fingerprint density at radius 2 is 2.00 bits per heavy atom. The largest absolute Gasteiger partial charge is 0.303 e. The zero-order valence-electron chi connectivity index (χ0n) is 8.46. The van der Waals surface area contributed by atoms with E-state index in [9.17, 15) is 9.59 Å². The van der Waals surface area contributed by atoms with Gasteiger partial charge in [0.05, 0.1) is 10.8 Å². The van der Waals surface area contributed by atoms with E-state index in [1.807, 2.05) is 29.0 Å². The van der Waals surface area contributed by atoms with Gasteiger partial charge in [-0.15, -0.1) is 22.7 Å². The van der Waals surface area contributed by atoms with Crippen molar-refractivity contribution in [3.63, 3.8) is 0 Å². The molecule has 0 fully saturated rings. The standard InChI is InChI=1S/C12H10O2S2/c13-6-5-9(10-3-1-7-15-10)12(14)11-4-2-8-16-11/h1-4,6-9H,5H2. The molecular formula is C12H10O2S2. The quantitative estimate of drug-likeness (QED) is 0.602. The summed E-state index contributed by atoms with van der Waals surface area (Å²) in [6.07, 6.45) is 1.08. The number of ketones is 1. The molecule has 0 aliphatic rings. The van der Waals surface area contributed by atoms with Crippen molar-refractivity contribution < 1.29 is 9.59 Å². The molecule has 0 saturated heterocycles.